The molecule has 5 rings (SSSR count). The Balaban J connectivity index is 1.78. The molecular formula is C18H24N2O3. The largest absolute Gasteiger partial charge is 0.508 e. The topological polar surface area (TPSA) is 64.0 Å². The minimum Gasteiger partial charge on any atom is -0.508 e. The van der Waals surface area contributed by atoms with Crippen molar-refractivity contribution in [3.8, 4) is 11.5 Å². The normalized spacial score (nSPS) is 41.7. The van der Waals surface area contributed by atoms with Gasteiger partial charge in [-0.15, -0.1) is 0 Å². The summed E-state index contributed by atoms with van der Waals surface area (Å²) in [5.41, 5.74) is 0.203. The van der Waals surface area contributed by atoms with E-state index in [0.717, 1.165) is 31.7 Å². The quantitative estimate of drug-likeness (QED) is 0.873. The van der Waals surface area contributed by atoms with Gasteiger partial charge in [0, 0.05) is 37.8 Å². The van der Waals surface area contributed by atoms with E-state index < -0.39 is 0 Å². The van der Waals surface area contributed by atoms with Crippen LogP contribution in [0.4, 0.5) is 0 Å². The van der Waals surface area contributed by atoms with Crippen molar-refractivity contribution in [2.45, 2.75) is 26.9 Å². The van der Waals surface area contributed by atoms with Crippen LogP contribution in [-0.2, 0) is 4.79 Å². The number of hydrogen-bond acceptors (Lipinski definition) is 5. The van der Waals surface area contributed by atoms with E-state index in [2.05, 4.69) is 30.6 Å². The van der Waals surface area contributed by atoms with Crippen LogP contribution in [-0.4, -0.2) is 52.0 Å². The van der Waals surface area contributed by atoms with Crippen molar-refractivity contribution in [1.82, 2.24) is 9.80 Å². The molecule has 4 bridgehead atoms. The van der Waals surface area contributed by atoms with Crippen LogP contribution in [0.2, 0.25) is 0 Å². The van der Waals surface area contributed by atoms with Gasteiger partial charge in [0.05, 0.1) is 17.0 Å². The number of carbonyl (C=O) groups is 1. The second kappa shape index (κ2) is 4.48. The highest BCUT2D eigenvalue weighted by atomic mass is 16.3. The first-order chi connectivity index (χ1) is 10.8. The van der Waals surface area contributed by atoms with Crippen LogP contribution in [0.1, 0.15) is 32.5 Å². The predicted molar refractivity (Wildman–Crippen MR) is 86.0 cm³/mol. The molecular weight excluding hydrogens is 292 g/mol. The van der Waals surface area contributed by atoms with Crippen molar-refractivity contribution in [3.05, 3.63) is 23.8 Å². The third-order valence-electron chi connectivity index (χ3n) is 6.16. The van der Waals surface area contributed by atoms with Gasteiger partial charge in [-0.1, -0.05) is 20.8 Å². The van der Waals surface area contributed by atoms with Gasteiger partial charge >= 0.3 is 0 Å². The Labute approximate surface area is 136 Å². The molecule has 1 aromatic rings. The van der Waals surface area contributed by atoms with Crippen LogP contribution in [0.5, 0.6) is 11.5 Å². The lowest BCUT2D eigenvalue weighted by atomic mass is 9.57. The first kappa shape index (κ1) is 15.0. The fraction of sp³-hybridized carbons (Fsp3) is 0.611. The number of rotatable bonds is 2. The molecule has 5 heteroatoms. The third kappa shape index (κ3) is 1.83. The van der Waals surface area contributed by atoms with Gasteiger partial charge in [-0.3, -0.25) is 14.6 Å². The first-order valence-electron chi connectivity index (χ1n) is 8.32. The summed E-state index contributed by atoms with van der Waals surface area (Å²) in [6.45, 7) is 9.34. The van der Waals surface area contributed by atoms with Crippen LogP contribution in [0.3, 0.4) is 0 Å². The molecule has 2 unspecified atom stereocenters. The lowest BCUT2D eigenvalue weighted by Crippen LogP contribution is -2.77. The van der Waals surface area contributed by atoms with E-state index in [1.165, 1.54) is 6.07 Å². The number of carbonyl (C=O) groups excluding carboxylic acids is 1. The SMILES string of the molecule is CC(C)C12CN3CC(C)(CN(C1)C3c1ccc(O)cc1O)C2=O. The molecule has 0 aliphatic carbocycles. The number of phenolic OH excluding ortho intramolecular Hbond substituents is 2. The summed E-state index contributed by atoms with van der Waals surface area (Å²) >= 11 is 0. The summed E-state index contributed by atoms with van der Waals surface area (Å²) in [6.07, 6.45) is -0.0105. The second-order valence-corrected chi connectivity index (χ2v) is 8.13. The Morgan fingerprint density at radius 3 is 2.26 bits per heavy atom. The van der Waals surface area contributed by atoms with Crippen molar-refractivity contribution in [2.24, 2.45) is 16.7 Å². The number of phenols is 2. The minimum atomic E-state index is -0.316. The molecule has 0 spiro atoms. The van der Waals surface area contributed by atoms with Gasteiger partial charge in [-0.05, 0) is 18.1 Å². The lowest BCUT2D eigenvalue weighted by Gasteiger charge is -2.66. The monoisotopic (exact) mass is 316 g/mol. The Morgan fingerprint density at radius 2 is 1.74 bits per heavy atom. The number of benzene rings is 1. The Kier molecular flexibility index (Phi) is 2.92. The average Bonchev–Trinajstić information content (AvgIpc) is 2.44. The lowest BCUT2D eigenvalue weighted by molar-refractivity contribution is -0.207. The second-order valence-electron chi connectivity index (χ2n) is 8.13. The number of piperidine rings is 2. The number of ketones is 1. The van der Waals surface area contributed by atoms with Gasteiger partial charge < -0.3 is 10.2 Å². The van der Waals surface area contributed by atoms with Gasteiger partial charge in [0.25, 0.3) is 0 Å². The summed E-state index contributed by atoms with van der Waals surface area (Å²) < 4.78 is 0. The Hall–Kier alpha value is -1.59. The van der Waals surface area contributed by atoms with Crippen LogP contribution >= 0.6 is 0 Å². The number of Topliss-reactive ketones (excluding diaryl/α,β-unsaturated/α-hetero) is 1. The van der Waals surface area contributed by atoms with E-state index in [1.807, 2.05) is 0 Å². The highest BCUT2D eigenvalue weighted by Gasteiger charge is 2.64. The maximum Gasteiger partial charge on any atom is 0.150 e. The first-order valence-corrected chi connectivity index (χ1v) is 8.32. The zero-order chi connectivity index (χ0) is 16.6. The van der Waals surface area contributed by atoms with Crippen LogP contribution in [0, 0.1) is 16.7 Å². The summed E-state index contributed by atoms with van der Waals surface area (Å²) in [5.74, 6) is 0.911. The molecule has 4 heterocycles. The van der Waals surface area contributed by atoms with Crippen LogP contribution < -0.4 is 0 Å². The van der Waals surface area contributed by atoms with Gasteiger partial charge in [0.15, 0.2) is 0 Å². The Morgan fingerprint density at radius 1 is 1.13 bits per heavy atom. The molecule has 1 aromatic carbocycles. The van der Waals surface area contributed by atoms with Crippen LogP contribution in [0.25, 0.3) is 0 Å². The molecule has 124 valence electrons. The molecule has 0 radical (unpaired) electrons. The van der Waals surface area contributed by atoms with E-state index in [4.69, 9.17) is 0 Å². The molecule has 4 aliphatic heterocycles. The maximum absolute atomic E-state index is 13.1. The standard InChI is InChI=1S/C18H24N2O3/c1-11(2)18-9-19-7-17(3,16(18)23)8-20(10-18)15(19)13-5-4-12(21)6-14(13)22/h4-6,11,15,21-22H,7-10H2,1-3H3. The summed E-state index contributed by atoms with van der Waals surface area (Å²) in [5, 5.41) is 19.8. The molecule has 2 atom stereocenters. The maximum atomic E-state index is 13.1. The van der Waals surface area contributed by atoms with Crippen LogP contribution in [0.15, 0.2) is 18.2 Å². The number of nitrogens with zero attached hydrogens (tertiary/aromatic N) is 2. The molecule has 4 fully saturated rings. The molecule has 4 aliphatic rings. The fourth-order valence-corrected chi connectivity index (χ4v) is 5.07. The number of hydrogen-bond donors (Lipinski definition) is 2. The molecule has 0 amide bonds. The van der Waals surface area contributed by atoms with E-state index in [0.29, 0.717) is 11.7 Å². The summed E-state index contributed by atoms with van der Waals surface area (Å²) in [7, 11) is 0. The van der Waals surface area contributed by atoms with E-state index >= 15 is 0 Å². The minimum absolute atomic E-state index is 0.0105. The smallest absolute Gasteiger partial charge is 0.150 e. The molecule has 5 nitrogen and oxygen atoms in total. The van der Waals surface area contributed by atoms with Crippen molar-refractivity contribution in [1.29, 1.82) is 0 Å². The predicted octanol–water partition coefficient (Wildman–Crippen LogP) is 1.96. The van der Waals surface area contributed by atoms with Crippen molar-refractivity contribution in [3.63, 3.8) is 0 Å². The molecule has 23 heavy (non-hydrogen) atoms. The highest BCUT2D eigenvalue weighted by molar-refractivity contribution is 5.93. The van der Waals surface area contributed by atoms with E-state index in [1.54, 1.807) is 12.1 Å². The van der Waals surface area contributed by atoms with Gasteiger partial charge in [-0.25, -0.2) is 0 Å². The Bertz CT molecular complexity index is 669. The highest BCUT2D eigenvalue weighted by Crippen LogP contribution is 2.55. The summed E-state index contributed by atoms with van der Waals surface area (Å²) in [6, 6.07) is 4.81. The molecule has 0 saturated carbocycles. The van der Waals surface area contributed by atoms with E-state index in [-0.39, 0.29) is 28.5 Å². The molecule has 4 saturated heterocycles. The van der Waals surface area contributed by atoms with Crippen molar-refractivity contribution in [2.75, 3.05) is 26.2 Å². The van der Waals surface area contributed by atoms with E-state index in [9.17, 15) is 15.0 Å². The third-order valence-corrected chi connectivity index (χ3v) is 6.16. The summed E-state index contributed by atoms with van der Waals surface area (Å²) in [4.78, 5) is 17.7. The van der Waals surface area contributed by atoms with Crippen molar-refractivity contribution >= 4 is 5.78 Å². The fourth-order valence-electron chi connectivity index (χ4n) is 5.07. The zero-order valence-electron chi connectivity index (χ0n) is 13.9. The number of aromatic hydroxyl groups is 2. The average molecular weight is 316 g/mol. The zero-order valence-corrected chi connectivity index (χ0v) is 13.9. The molecule has 2 N–H and O–H groups in total. The van der Waals surface area contributed by atoms with Gasteiger partial charge in [-0.2, -0.15) is 0 Å². The van der Waals surface area contributed by atoms with Crippen molar-refractivity contribution < 1.29 is 15.0 Å². The van der Waals surface area contributed by atoms with Gasteiger partial charge in [0.2, 0.25) is 0 Å². The molecule has 0 aromatic heterocycles. The van der Waals surface area contributed by atoms with Gasteiger partial charge in [0.1, 0.15) is 17.3 Å².